The van der Waals surface area contributed by atoms with Gasteiger partial charge in [0.05, 0.1) is 34.5 Å². The number of methoxy groups -OCH3 is 1. The van der Waals surface area contributed by atoms with Crippen molar-refractivity contribution in [3.63, 3.8) is 0 Å². The van der Waals surface area contributed by atoms with Crippen LogP contribution in [-0.2, 0) is 11.3 Å². The summed E-state index contributed by atoms with van der Waals surface area (Å²) < 4.78 is 11.5. The molecule has 10 nitrogen and oxygen atoms in total. The van der Waals surface area contributed by atoms with Crippen LogP contribution in [0.2, 0.25) is 0 Å². The lowest BCUT2D eigenvalue weighted by Gasteiger charge is -2.14. The largest absolute Gasteiger partial charge is 0.493 e. The van der Waals surface area contributed by atoms with Crippen molar-refractivity contribution in [1.29, 1.82) is 0 Å². The van der Waals surface area contributed by atoms with Crippen LogP contribution < -0.4 is 9.47 Å². The van der Waals surface area contributed by atoms with Gasteiger partial charge in [0.25, 0.3) is 11.6 Å². The number of non-ortho nitro benzene ring substituents is 1. The van der Waals surface area contributed by atoms with E-state index in [2.05, 4.69) is 0 Å². The number of nitrogens with zero attached hydrogens (tertiary/aromatic N) is 3. The van der Waals surface area contributed by atoms with Gasteiger partial charge in [-0.15, -0.1) is 0 Å². The number of ether oxygens (including phenoxy) is 2. The van der Waals surface area contributed by atoms with E-state index in [1.807, 2.05) is 30.3 Å². The van der Waals surface area contributed by atoms with Crippen molar-refractivity contribution in [2.45, 2.75) is 6.54 Å². The Morgan fingerprint density at radius 1 is 0.972 bits per heavy atom. The number of hydrogen-bond acceptors (Lipinski definition) is 9. The Kier molecular flexibility index (Phi) is 7.27. The van der Waals surface area contributed by atoms with E-state index in [-0.39, 0.29) is 23.2 Å². The summed E-state index contributed by atoms with van der Waals surface area (Å²) in [5, 5.41) is 22.4. The third-order valence-electron chi connectivity index (χ3n) is 5.11. The Morgan fingerprint density at radius 3 is 2.36 bits per heavy atom. The lowest BCUT2D eigenvalue weighted by atomic mass is 10.1. The van der Waals surface area contributed by atoms with Crippen LogP contribution in [0.3, 0.4) is 0 Å². The normalized spacial score (nSPS) is 14.2. The second-order valence-corrected chi connectivity index (χ2v) is 9.11. The van der Waals surface area contributed by atoms with Gasteiger partial charge in [0.1, 0.15) is 4.32 Å². The molecule has 3 aromatic carbocycles. The maximum absolute atomic E-state index is 12.9. The molecule has 0 unspecified atom stereocenters. The monoisotopic (exact) mass is 523 g/mol. The topological polar surface area (TPSA) is 125 Å². The molecule has 1 aliphatic heterocycles. The van der Waals surface area contributed by atoms with Gasteiger partial charge in [0.15, 0.2) is 11.5 Å². The van der Waals surface area contributed by atoms with Crippen LogP contribution in [0.25, 0.3) is 6.08 Å². The van der Waals surface area contributed by atoms with E-state index in [1.165, 1.54) is 29.8 Å². The summed E-state index contributed by atoms with van der Waals surface area (Å²) in [6, 6.07) is 17.4. The third-order valence-corrected chi connectivity index (χ3v) is 6.49. The van der Waals surface area contributed by atoms with Crippen molar-refractivity contribution in [3.8, 4) is 17.2 Å². The smallest absolute Gasteiger partial charge is 0.318 e. The van der Waals surface area contributed by atoms with Crippen molar-refractivity contribution in [1.82, 2.24) is 4.90 Å². The van der Waals surface area contributed by atoms with Crippen LogP contribution >= 0.6 is 24.0 Å². The first-order chi connectivity index (χ1) is 17.3. The van der Waals surface area contributed by atoms with Crippen LogP contribution in [-0.4, -0.2) is 32.1 Å². The van der Waals surface area contributed by atoms with Crippen molar-refractivity contribution in [2.75, 3.05) is 7.11 Å². The SMILES string of the molecule is COc1cc(C=C2SC(=S)N(Cc3ccccc3)C2=O)ccc1Oc1ccc([N+](=O)[O-])cc1[N+](=O)[O-]. The van der Waals surface area contributed by atoms with Gasteiger partial charge < -0.3 is 9.47 Å². The molecule has 1 fully saturated rings. The van der Waals surface area contributed by atoms with Gasteiger partial charge >= 0.3 is 5.69 Å². The highest BCUT2D eigenvalue weighted by molar-refractivity contribution is 8.26. The van der Waals surface area contributed by atoms with Gasteiger partial charge in [-0.1, -0.05) is 60.4 Å². The molecule has 12 heteroatoms. The van der Waals surface area contributed by atoms with Crippen molar-refractivity contribution in [3.05, 3.63) is 103 Å². The van der Waals surface area contributed by atoms with Crippen LogP contribution in [0.5, 0.6) is 17.2 Å². The van der Waals surface area contributed by atoms with E-state index in [0.29, 0.717) is 21.3 Å². The van der Waals surface area contributed by atoms with E-state index in [1.54, 1.807) is 18.2 Å². The Bertz CT molecular complexity index is 1410. The summed E-state index contributed by atoms with van der Waals surface area (Å²) in [6.45, 7) is 0.368. The van der Waals surface area contributed by atoms with Gasteiger partial charge in [0.2, 0.25) is 5.75 Å². The maximum Gasteiger partial charge on any atom is 0.318 e. The van der Waals surface area contributed by atoms with Crippen molar-refractivity contribution >= 4 is 51.7 Å². The number of amides is 1. The summed E-state index contributed by atoms with van der Waals surface area (Å²) in [5.41, 5.74) is 0.592. The fraction of sp³-hybridized carbons (Fsp3) is 0.0833. The first kappa shape index (κ1) is 24.8. The molecule has 0 saturated carbocycles. The first-order valence-electron chi connectivity index (χ1n) is 10.3. The molecular weight excluding hydrogens is 506 g/mol. The number of carbonyl (C=O) groups is 1. The van der Waals surface area contributed by atoms with Gasteiger partial charge in [0, 0.05) is 6.07 Å². The number of hydrogen-bond donors (Lipinski definition) is 0. The zero-order chi connectivity index (χ0) is 25.8. The fourth-order valence-corrected chi connectivity index (χ4v) is 4.63. The van der Waals surface area contributed by atoms with E-state index >= 15 is 0 Å². The molecule has 0 aliphatic carbocycles. The minimum Gasteiger partial charge on any atom is -0.493 e. The summed E-state index contributed by atoms with van der Waals surface area (Å²) in [5.74, 6) is 0.00692. The Labute approximate surface area is 214 Å². The quantitative estimate of drug-likeness (QED) is 0.158. The summed E-state index contributed by atoms with van der Waals surface area (Å²) in [6.07, 6.45) is 1.67. The van der Waals surface area contributed by atoms with Crippen LogP contribution in [0.4, 0.5) is 11.4 Å². The fourth-order valence-electron chi connectivity index (χ4n) is 3.38. The highest BCUT2D eigenvalue weighted by Crippen LogP contribution is 2.39. The average Bonchev–Trinajstić information content (AvgIpc) is 3.12. The summed E-state index contributed by atoms with van der Waals surface area (Å²) in [7, 11) is 1.40. The van der Waals surface area contributed by atoms with Gasteiger partial charge in [-0.2, -0.15) is 0 Å². The molecule has 0 N–H and O–H groups in total. The van der Waals surface area contributed by atoms with Gasteiger partial charge in [-0.3, -0.25) is 29.9 Å². The minimum absolute atomic E-state index is 0.156. The Hall–Kier alpha value is -4.29. The van der Waals surface area contributed by atoms with Gasteiger partial charge in [-0.25, -0.2) is 0 Å². The second kappa shape index (κ2) is 10.5. The summed E-state index contributed by atoms with van der Waals surface area (Å²) >= 11 is 6.59. The van der Waals surface area contributed by atoms with Gasteiger partial charge in [-0.05, 0) is 35.4 Å². The first-order valence-corrected chi connectivity index (χ1v) is 11.6. The molecule has 1 saturated heterocycles. The molecule has 1 amide bonds. The van der Waals surface area contributed by atoms with E-state index in [9.17, 15) is 25.0 Å². The number of carbonyl (C=O) groups excluding carboxylic acids is 1. The molecule has 3 aromatic rings. The molecule has 0 radical (unpaired) electrons. The molecular formula is C24H17N3O7S2. The Balaban J connectivity index is 1.58. The molecule has 0 aromatic heterocycles. The minimum atomic E-state index is -0.763. The number of nitro groups is 2. The third kappa shape index (κ3) is 5.34. The molecule has 0 bridgehead atoms. The lowest BCUT2D eigenvalue weighted by molar-refractivity contribution is -0.394. The number of rotatable bonds is 8. The zero-order valence-electron chi connectivity index (χ0n) is 18.7. The van der Waals surface area contributed by atoms with Crippen LogP contribution in [0.15, 0.2) is 71.6 Å². The second-order valence-electron chi connectivity index (χ2n) is 7.43. The molecule has 182 valence electrons. The summed E-state index contributed by atoms with van der Waals surface area (Å²) in [4.78, 5) is 35.8. The van der Waals surface area contributed by atoms with E-state index in [4.69, 9.17) is 21.7 Å². The molecule has 0 atom stereocenters. The molecule has 1 aliphatic rings. The molecule has 1 heterocycles. The van der Waals surface area contributed by atoms with Crippen LogP contribution in [0, 0.1) is 20.2 Å². The van der Waals surface area contributed by atoms with Crippen molar-refractivity contribution in [2.24, 2.45) is 0 Å². The maximum atomic E-state index is 12.9. The predicted octanol–water partition coefficient (Wildman–Crippen LogP) is 5.71. The lowest BCUT2D eigenvalue weighted by Crippen LogP contribution is -2.27. The van der Waals surface area contributed by atoms with Crippen molar-refractivity contribution < 1.29 is 24.1 Å². The van der Waals surface area contributed by atoms with Crippen LogP contribution in [0.1, 0.15) is 11.1 Å². The van der Waals surface area contributed by atoms with E-state index < -0.39 is 21.2 Å². The predicted molar refractivity (Wildman–Crippen MR) is 138 cm³/mol. The van der Waals surface area contributed by atoms with E-state index in [0.717, 1.165) is 23.8 Å². The number of benzene rings is 3. The average molecular weight is 524 g/mol. The standard InChI is InChI=1S/C24H17N3O7S2/c1-33-21-11-16(12-22-23(28)25(24(35)36-22)14-15-5-3-2-4-6-15)7-9-20(21)34-19-10-8-17(26(29)30)13-18(19)27(31)32/h2-13H,14H2,1H3. The Morgan fingerprint density at radius 2 is 1.69 bits per heavy atom. The highest BCUT2D eigenvalue weighted by atomic mass is 32.2. The molecule has 4 rings (SSSR count). The number of thioether (sulfide) groups is 1. The highest BCUT2D eigenvalue weighted by Gasteiger charge is 2.32. The zero-order valence-corrected chi connectivity index (χ0v) is 20.3. The number of thiocarbonyl (C=S) groups is 1. The number of nitro benzene ring substituents is 2. The molecule has 36 heavy (non-hydrogen) atoms. The molecule has 0 spiro atoms.